The average Bonchev–Trinajstić information content (AvgIpc) is 2.62. The molecule has 17 heavy (non-hydrogen) atoms. The van der Waals surface area contributed by atoms with Crippen LogP contribution in [0.4, 0.5) is 17.6 Å². The number of aryl methyl sites for hydroxylation is 1. The van der Waals surface area contributed by atoms with E-state index in [1.54, 1.807) is 0 Å². The molecule has 0 radical (unpaired) electrons. The summed E-state index contributed by atoms with van der Waals surface area (Å²) in [6.45, 7) is -0.315. The van der Waals surface area contributed by atoms with Crippen LogP contribution < -0.4 is 4.72 Å². The summed E-state index contributed by atoms with van der Waals surface area (Å²) in [6, 6.07) is 0. The third-order valence-electron chi connectivity index (χ3n) is 1.89. The topological polar surface area (TPSA) is 74.8 Å². The summed E-state index contributed by atoms with van der Waals surface area (Å²) < 4.78 is 72.9. The van der Waals surface area contributed by atoms with Crippen molar-refractivity contribution in [3.8, 4) is 0 Å². The first-order chi connectivity index (χ1) is 7.67. The summed E-state index contributed by atoms with van der Waals surface area (Å²) in [7, 11) is -4.27. The summed E-state index contributed by atoms with van der Waals surface area (Å²) in [5, 5.41) is 5.68. The van der Waals surface area contributed by atoms with Crippen LogP contribution in [0.25, 0.3) is 0 Å². The molecule has 5 nitrogen and oxygen atoms in total. The van der Waals surface area contributed by atoms with Crippen molar-refractivity contribution in [2.75, 3.05) is 6.54 Å². The molecule has 1 heterocycles. The molecule has 0 aliphatic heterocycles. The number of sulfonamides is 1. The van der Waals surface area contributed by atoms with Crippen LogP contribution in [0, 0.1) is 6.92 Å². The van der Waals surface area contributed by atoms with Gasteiger partial charge in [0.15, 0.2) is 0 Å². The molecule has 1 aromatic heterocycles. The molecular weight excluding hydrogens is 266 g/mol. The number of alkyl halides is 4. The van der Waals surface area contributed by atoms with Crippen LogP contribution in [0.1, 0.15) is 5.69 Å². The van der Waals surface area contributed by atoms with E-state index in [1.807, 2.05) is 0 Å². The number of aromatic amines is 1. The molecule has 0 bridgehead atoms. The third kappa shape index (κ3) is 3.16. The monoisotopic (exact) mass is 275 g/mol. The Morgan fingerprint density at radius 2 is 2.12 bits per heavy atom. The van der Waals surface area contributed by atoms with E-state index in [4.69, 9.17) is 0 Å². The zero-order valence-electron chi connectivity index (χ0n) is 8.55. The van der Waals surface area contributed by atoms with Crippen molar-refractivity contribution in [2.24, 2.45) is 0 Å². The minimum Gasteiger partial charge on any atom is -0.281 e. The molecule has 1 aromatic rings. The number of halogens is 4. The normalized spacial score (nSPS) is 13.3. The second-order valence-electron chi connectivity index (χ2n) is 3.25. The van der Waals surface area contributed by atoms with Gasteiger partial charge in [0.1, 0.15) is 4.90 Å². The van der Waals surface area contributed by atoms with E-state index < -0.39 is 28.9 Å². The highest BCUT2D eigenvalue weighted by atomic mass is 32.2. The van der Waals surface area contributed by atoms with Crippen molar-refractivity contribution in [1.29, 1.82) is 0 Å². The fourth-order valence-electron chi connectivity index (χ4n) is 0.957. The molecule has 0 aliphatic rings. The van der Waals surface area contributed by atoms with E-state index >= 15 is 0 Å². The van der Waals surface area contributed by atoms with Gasteiger partial charge in [-0.1, -0.05) is 0 Å². The fourth-order valence-corrected chi connectivity index (χ4v) is 2.13. The second kappa shape index (κ2) is 4.61. The second-order valence-corrected chi connectivity index (χ2v) is 4.98. The van der Waals surface area contributed by atoms with Crippen LogP contribution in [0.5, 0.6) is 0 Å². The molecule has 0 unspecified atom stereocenters. The molecule has 0 aromatic carbocycles. The predicted octanol–water partition coefficient (Wildman–Crippen LogP) is 0.897. The van der Waals surface area contributed by atoms with E-state index in [9.17, 15) is 26.0 Å². The van der Waals surface area contributed by atoms with Gasteiger partial charge in [-0.2, -0.15) is 13.9 Å². The van der Waals surface area contributed by atoms with Gasteiger partial charge in [0.05, 0.1) is 18.4 Å². The molecule has 0 aliphatic carbocycles. The number of aromatic nitrogens is 2. The number of hydrogen-bond acceptors (Lipinski definition) is 3. The molecule has 1 rings (SSSR count). The van der Waals surface area contributed by atoms with Crippen LogP contribution in [0.2, 0.25) is 0 Å². The Balaban J connectivity index is 2.80. The zero-order valence-corrected chi connectivity index (χ0v) is 9.36. The third-order valence-corrected chi connectivity index (χ3v) is 3.41. The quantitative estimate of drug-likeness (QED) is 0.784. The van der Waals surface area contributed by atoms with Gasteiger partial charge < -0.3 is 0 Å². The Hall–Kier alpha value is -1.16. The summed E-state index contributed by atoms with van der Waals surface area (Å²) in [4.78, 5) is -0.359. The van der Waals surface area contributed by atoms with Crippen molar-refractivity contribution in [2.45, 2.75) is 24.2 Å². The van der Waals surface area contributed by atoms with Gasteiger partial charge in [0.2, 0.25) is 10.0 Å². The molecule has 0 atom stereocenters. The van der Waals surface area contributed by atoms with Crippen molar-refractivity contribution in [1.82, 2.24) is 14.9 Å². The van der Waals surface area contributed by atoms with Crippen molar-refractivity contribution in [3.63, 3.8) is 0 Å². The standard InChI is InChI=1S/C7H9F4N3O2S/c1-4-5(2-12-14-4)17(15,16)13-3-7(10,11)6(8)9/h2,6,13H,3H2,1H3,(H,12,14). The first-order valence-electron chi connectivity index (χ1n) is 4.32. The van der Waals surface area contributed by atoms with Gasteiger partial charge in [0, 0.05) is 0 Å². The van der Waals surface area contributed by atoms with Crippen LogP contribution >= 0.6 is 0 Å². The number of nitrogens with one attached hydrogen (secondary N) is 2. The summed E-state index contributed by atoms with van der Waals surface area (Å²) in [5.41, 5.74) is 0.123. The first-order valence-corrected chi connectivity index (χ1v) is 5.81. The Labute approximate surface area is 94.3 Å². The van der Waals surface area contributed by atoms with Gasteiger partial charge in [-0.15, -0.1) is 0 Å². The fraction of sp³-hybridized carbons (Fsp3) is 0.571. The van der Waals surface area contributed by atoms with E-state index in [0.717, 1.165) is 6.20 Å². The largest absolute Gasteiger partial charge is 0.320 e. The molecule has 0 saturated heterocycles. The highest BCUT2D eigenvalue weighted by Gasteiger charge is 2.41. The maximum absolute atomic E-state index is 12.5. The number of nitrogens with zero attached hydrogens (tertiary/aromatic N) is 1. The molecule has 0 saturated carbocycles. The number of rotatable bonds is 5. The molecule has 0 amide bonds. The predicted molar refractivity (Wildman–Crippen MR) is 49.5 cm³/mol. The van der Waals surface area contributed by atoms with Gasteiger partial charge in [-0.25, -0.2) is 21.9 Å². The smallest absolute Gasteiger partial charge is 0.281 e. The maximum atomic E-state index is 12.5. The zero-order chi connectivity index (χ0) is 13.3. The van der Waals surface area contributed by atoms with Crippen LogP contribution in [-0.4, -0.2) is 37.5 Å². The average molecular weight is 275 g/mol. The van der Waals surface area contributed by atoms with Crippen molar-refractivity contribution in [3.05, 3.63) is 11.9 Å². The minimum absolute atomic E-state index is 0.123. The molecule has 10 heteroatoms. The number of hydrogen-bond donors (Lipinski definition) is 2. The summed E-state index contributed by atoms with van der Waals surface area (Å²) >= 11 is 0. The van der Waals surface area contributed by atoms with E-state index in [1.165, 1.54) is 11.6 Å². The van der Waals surface area contributed by atoms with E-state index in [-0.39, 0.29) is 10.6 Å². The Kier molecular flexibility index (Phi) is 3.77. The number of H-pyrrole nitrogens is 1. The van der Waals surface area contributed by atoms with Crippen LogP contribution in [0.3, 0.4) is 0 Å². The van der Waals surface area contributed by atoms with Crippen LogP contribution in [0.15, 0.2) is 11.1 Å². The molecule has 0 spiro atoms. The lowest BCUT2D eigenvalue weighted by Gasteiger charge is -2.15. The van der Waals surface area contributed by atoms with Crippen molar-refractivity contribution >= 4 is 10.0 Å². The van der Waals surface area contributed by atoms with Gasteiger partial charge in [-0.3, -0.25) is 5.10 Å². The molecule has 0 fully saturated rings. The molecule has 2 N–H and O–H groups in total. The van der Waals surface area contributed by atoms with Gasteiger partial charge >= 0.3 is 12.3 Å². The first kappa shape index (κ1) is 13.9. The minimum atomic E-state index is -4.41. The lowest BCUT2D eigenvalue weighted by atomic mass is 10.4. The Bertz CT molecular complexity index is 485. The van der Waals surface area contributed by atoms with Crippen LogP contribution in [-0.2, 0) is 10.0 Å². The summed E-state index contributed by atoms with van der Waals surface area (Å²) in [6.07, 6.45) is -3.03. The van der Waals surface area contributed by atoms with Crippen molar-refractivity contribution < 1.29 is 26.0 Å². The van der Waals surface area contributed by atoms with Gasteiger partial charge in [-0.05, 0) is 6.92 Å². The van der Waals surface area contributed by atoms with Gasteiger partial charge in [0.25, 0.3) is 0 Å². The van der Waals surface area contributed by atoms with E-state index in [0.29, 0.717) is 0 Å². The highest BCUT2D eigenvalue weighted by Crippen LogP contribution is 2.22. The highest BCUT2D eigenvalue weighted by molar-refractivity contribution is 7.89. The SMILES string of the molecule is Cc1[nH]ncc1S(=O)(=O)NCC(F)(F)C(F)F. The lowest BCUT2D eigenvalue weighted by molar-refractivity contribution is -0.122. The van der Waals surface area contributed by atoms with E-state index in [2.05, 4.69) is 10.2 Å². The Morgan fingerprint density at radius 1 is 1.53 bits per heavy atom. The molecule has 98 valence electrons. The summed E-state index contributed by atoms with van der Waals surface area (Å²) in [5.74, 6) is -4.41. The Morgan fingerprint density at radius 3 is 2.53 bits per heavy atom. The molecular formula is C7H9F4N3O2S. The maximum Gasteiger partial charge on any atom is 0.320 e. The lowest BCUT2D eigenvalue weighted by Crippen LogP contribution is -2.41.